The Labute approximate surface area is 172 Å². The molecule has 2 N–H and O–H groups in total. The highest BCUT2D eigenvalue weighted by molar-refractivity contribution is 8.02. The van der Waals surface area contributed by atoms with Crippen LogP contribution in [0.2, 0.25) is 0 Å². The van der Waals surface area contributed by atoms with Gasteiger partial charge in [0.25, 0.3) is 0 Å². The van der Waals surface area contributed by atoms with E-state index < -0.39 is 11.9 Å². The van der Waals surface area contributed by atoms with Crippen molar-refractivity contribution in [2.45, 2.75) is 23.1 Å². The number of ether oxygens (including phenoxy) is 1. The Kier molecular flexibility index (Phi) is 6.94. The van der Waals surface area contributed by atoms with Gasteiger partial charge in [0.15, 0.2) is 4.34 Å². The van der Waals surface area contributed by atoms with Crippen molar-refractivity contribution in [2.24, 2.45) is 0 Å². The highest BCUT2D eigenvalue weighted by atomic mass is 32.2. The predicted octanol–water partition coefficient (Wildman–Crippen LogP) is 5.14. The van der Waals surface area contributed by atoms with Gasteiger partial charge in [-0.15, -0.1) is 10.2 Å². The average molecular weight is 440 g/mol. The second kappa shape index (κ2) is 9.61. The van der Waals surface area contributed by atoms with E-state index in [0.29, 0.717) is 20.8 Å². The zero-order chi connectivity index (χ0) is 20.8. The Balaban J connectivity index is 1.53. The summed E-state index contributed by atoms with van der Waals surface area (Å²) in [5.74, 6) is -0.645. The van der Waals surface area contributed by atoms with Gasteiger partial charge in [-0.2, -0.15) is 8.78 Å². The summed E-state index contributed by atoms with van der Waals surface area (Å²) in [4.78, 5) is 12.3. The van der Waals surface area contributed by atoms with Gasteiger partial charge in [-0.05, 0) is 49.4 Å². The quantitative estimate of drug-likeness (QED) is 0.473. The van der Waals surface area contributed by atoms with Crippen molar-refractivity contribution in [3.05, 3.63) is 54.3 Å². The number of hydrogen-bond donors (Lipinski definition) is 2. The van der Waals surface area contributed by atoms with Crippen LogP contribution in [0.25, 0.3) is 0 Å². The standard InChI is InChI=1S/C18H15F3N4O2S2/c1-10(15(26)22-12-5-7-14(8-6-12)27-16(20)21)28-18-25-24-17(29-18)23-13-4-2-3-11(19)9-13/h2-10,16H,1H3,(H,22,26)(H,23,24). The van der Waals surface area contributed by atoms with Crippen LogP contribution >= 0.6 is 23.1 Å². The largest absolute Gasteiger partial charge is 0.435 e. The highest BCUT2D eigenvalue weighted by Gasteiger charge is 2.18. The maximum absolute atomic E-state index is 13.2. The molecule has 1 amide bonds. The molecular weight excluding hydrogens is 425 g/mol. The summed E-state index contributed by atoms with van der Waals surface area (Å²) in [5.41, 5.74) is 0.998. The number of nitrogens with one attached hydrogen (secondary N) is 2. The molecule has 0 fully saturated rings. The molecule has 1 heterocycles. The molecule has 1 unspecified atom stereocenters. The molecule has 0 spiro atoms. The number of anilines is 3. The van der Waals surface area contributed by atoms with E-state index in [1.54, 1.807) is 19.1 Å². The van der Waals surface area contributed by atoms with Crippen LogP contribution in [-0.4, -0.2) is 28.0 Å². The predicted molar refractivity (Wildman–Crippen MR) is 107 cm³/mol. The van der Waals surface area contributed by atoms with Crippen LogP contribution in [0.1, 0.15) is 6.92 Å². The van der Waals surface area contributed by atoms with Crippen molar-refractivity contribution in [3.63, 3.8) is 0 Å². The molecule has 2 aromatic carbocycles. The molecule has 3 aromatic rings. The summed E-state index contributed by atoms with van der Waals surface area (Å²) in [5, 5.41) is 13.6. The van der Waals surface area contributed by atoms with E-state index in [-0.39, 0.29) is 17.5 Å². The molecule has 0 bridgehead atoms. The minimum Gasteiger partial charge on any atom is -0.435 e. The summed E-state index contributed by atoms with van der Waals surface area (Å²) in [6.45, 7) is -1.20. The van der Waals surface area contributed by atoms with Gasteiger partial charge in [0, 0.05) is 11.4 Å². The van der Waals surface area contributed by atoms with Crippen LogP contribution in [0.15, 0.2) is 52.9 Å². The number of hydrogen-bond acceptors (Lipinski definition) is 7. The lowest BCUT2D eigenvalue weighted by Crippen LogP contribution is -2.22. The van der Waals surface area contributed by atoms with E-state index in [9.17, 15) is 18.0 Å². The van der Waals surface area contributed by atoms with Gasteiger partial charge in [0.2, 0.25) is 11.0 Å². The number of nitrogens with zero attached hydrogens (tertiary/aromatic N) is 2. The summed E-state index contributed by atoms with van der Waals surface area (Å²) in [6.07, 6.45) is 0. The Morgan fingerprint density at radius 1 is 1.14 bits per heavy atom. The van der Waals surface area contributed by atoms with Crippen LogP contribution in [0, 0.1) is 5.82 Å². The fraction of sp³-hybridized carbons (Fsp3) is 0.167. The zero-order valence-corrected chi connectivity index (χ0v) is 16.6. The number of rotatable bonds is 8. The Bertz CT molecular complexity index is 970. The summed E-state index contributed by atoms with van der Waals surface area (Å²) < 4.78 is 42.4. The van der Waals surface area contributed by atoms with E-state index in [2.05, 4.69) is 25.6 Å². The zero-order valence-electron chi connectivity index (χ0n) is 14.9. The minimum atomic E-state index is -2.90. The third-order valence-corrected chi connectivity index (χ3v) is 5.50. The van der Waals surface area contributed by atoms with Crippen molar-refractivity contribution in [1.29, 1.82) is 0 Å². The van der Waals surface area contributed by atoms with E-state index >= 15 is 0 Å². The molecule has 0 radical (unpaired) electrons. The van der Waals surface area contributed by atoms with Crippen molar-refractivity contribution in [3.8, 4) is 5.75 Å². The first-order valence-corrected chi connectivity index (χ1v) is 9.97. The van der Waals surface area contributed by atoms with Crippen molar-refractivity contribution in [1.82, 2.24) is 10.2 Å². The van der Waals surface area contributed by atoms with Crippen molar-refractivity contribution in [2.75, 3.05) is 10.6 Å². The van der Waals surface area contributed by atoms with E-state index in [1.807, 2.05) is 0 Å². The first-order chi connectivity index (χ1) is 13.9. The van der Waals surface area contributed by atoms with E-state index in [4.69, 9.17) is 0 Å². The summed E-state index contributed by atoms with van der Waals surface area (Å²) in [6, 6.07) is 11.6. The molecule has 1 aromatic heterocycles. The number of carbonyl (C=O) groups is 1. The second-order valence-corrected chi connectivity index (χ2v) is 8.23. The molecule has 152 valence electrons. The van der Waals surface area contributed by atoms with Gasteiger partial charge in [-0.3, -0.25) is 4.79 Å². The number of amides is 1. The van der Waals surface area contributed by atoms with Crippen molar-refractivity contribution < 1.29 is 22.7 Å². The Hall–Kier alpha value is -2.79. The van der Waals surface area contributed by atoms with Crippen LogP contribution in [-0.2, 0) is 4.79 Å². The van der Waals surface area contributed by atoms with Crippen LogP contribution in [0.5, 0.6) is 5.75 Å². The maximum atomic E-state index is 13.2. The lowest BCUT2D eigenvalue weighted by molar-refractivity contribution is -0.115. The number of halogens is 3. The Morgan fingerprint density at radius 3 is 2.59 bits per heavy atom. The van der Waals surface area contributed by atoms with Gasteiger partial charge in [0.05, 0.1) is 5.25 Å². The molecule has 11 heteroatoms. The molecular formula is C18H15F3N4O2S2. The van der Waals surface area contributed by atoms with Gasteiger partial charge in [0.1, 0.15) is 11.6 Å². The molecule has 3 rings (SSSR count). The van der Waals surface area contributed by atoms with Gasteiger partial charge in [-0.25, -0.2) is 4.39 Å². The number of benzene rings is 2. The number of thioether (sulfide) groups is 1. The summed E-state index contributed by atoms with van der Waals surface area (Å²) in [7, 11) is 0. The number of alkyl halides is 2. The Morgan fingerprint density at radius 2 is 1.90 bits per heavy atom. The first kappa shape index (κ1) is 20.9. The fourth-order valence-corrected chi connectivity index (χ4v) is 4.08. The molecule has 0 saturated carbocycles. The molecule has 1 atom stereocenters. The lowest BCUT2D eigenvalue weighted by Gasteiger charge is -2.11. The van der Waals surface area contributed by atoms with Crippen LogP contribution < -0.4 is 15.4 Å². The normalized spacial score (nSPS) is 11.9. The monoisotopic (exact) mass is 440 g/mol. The molecule has 0 aliphatic rings. The highest BCUT2D eigenvalue weighted by Crippen LogP contribution is 2.31. The third kappa shape index (κ3) is 6.36. The average Bonchev–Trinajstić information content (AvgIpc) is 3.09. The minimum absolute atomic E-state index is 0.00705. The molecule has 0 saturated heterocycles. The molecule has 0 aliphatic carbocycles. The number of aromatic nitrogens is 2. The molecule has 29 heavy (non-hydrogen) atoms. The van der Waals surface area contributed by atoms with Crippen molar-refractivity contribution >= 4 is 45.5 Å². The summed E-state index contributed by atoms with van der Waals surface area (Å²) >= 11 is 2.44. The van der Waals surface area contributed by atoms with Gasteiger partial charge < -0.3 is 15.4 Å². The van der Waals surface area contributed by atoms with E-state index in [0.717, 1.165) is 0 Å². The van der Waals surface area contributed by atoms with Gasteiger partial charge >= 0.3 is 6.61 Å². The van der Waals surface area contributed by atoms with Crippen LogP contribution in [0.4, 0.5) is 29.7 Å². The maximum Gasteiger partial charge on any atom is 0.387 e. The first-order valence-electron chi connectivity index (χ1n) is 8.27. The smallest absolute Gasteiger partial charge is 0.387 e. The lowest BCUT2D eigenvalue weighted by atomic mass is 10.3. The van der Waals surface area contributed by atoms with Crippen LogP contribution in [0.3, 0.4) is 0 Å². The SMILES string of the molecule is CC(Sc1nnc(Nc2cccc(F)c2)s1)C(=O)Nc1ccc(OC(F)F)cc1. The van der Waals surface area contributed by atoms with E-state index in [1.165, 1.54) is 59.5 Å². The topological polar surface area (TPSA) is 76.1 Å². The second-order valence-electron chi connectivity index (χ2n) is 5.66. The number of carbonyl (C=O) groups excluding carboxylic acids is 1. The molecule has 6 nitrogen and oxygen atoms in total. The molecule has 0 aliphatic heterocycles. The third-order valence-electron chi connectivity index (χ3n) is 3.48. The van der Waals surface area contributed by atoms with Gasteiger partial charge in [-0.1, -0.05) is 29.2 Å². The fourth-order valence-electron chi connectivity index (χ4n) is 2.17.